The minimum atomic E-state index is -0.584. The van der Waals surface area contributed by atoms with E-state index < -0.39 is 11.8 Å². The fourth-order valence-corrected chi connectivity index (χ4v) is 1.27. The largest absolute Gasteiger partial charge is 0.368 e. The second kappa shape index (κ2) is 5.66. The van der Waals surface area contributed by atoms with Crippen LogP contribution >= 0.6 is 0 Å². The van der Waals surface area contributed by atoms with Crippen molar-refractivity contribution in [3.05, 3.63) is 18.2 Å². The van der Waals surface area contributed by atoms with Gasteiger partial charge in [-0.15, -0.1) is 0 Å². The fraction of sp³-hybridized carbons (Fsp3) is 0.222. The molecule has 0 bridgehead atoms. The molecule has 0 saturated carbocycles. The van der Waals surface area contributed by atoms with Gasteiger partial charge in [0.05, 0.1) is 13.1 Å². The summed E-state index contributed by atoms with van der Waals surface area (Å²) in [5.41, 5.74) is 12.5. The van der Waals surface area contributed by atoms with E-state index in [4.69, 9.17) is 17.3 Å². The standard InChI is InChI=1S/C9H14N6O2/c10-6(16)4-15(5-7(11)17)9-3-1-2-8(13-9)14-12/h1-3H,4-5,12H2,(H2,10,16)(H2,11,17)(H,13,14). The number of rotatable bonds is 6. The van der Waals surface area contributed by atoms with Crippen LogP contribution in [-0.2, 0) is 9.59 Å². The lowest BCUT2D eigenvalue weighted by Crippen LogP contribution is -2.40. The van der Waals surface area contributed by atoms with Crippen LogP contribution in [0, 0.1) is 0 Å². The van der Waals surface area contributed by atoms with Crippen LogP contribution in [0.2, 0.25) is 0 Å². The first-order chi connectivity index (χ1) is 8.02. The van der Waals surface area contributed by atoms with E-state index in [2.05, 4.69) is 10.4 Å². The molecule has 0 fully saturated rings. The minimum absolute atomic E-state index is 0.149. The second-order valence-electron chi connectivity index (χ2n) is 3.31. The molecule has 8 nitrogen and oxygen atoms in total. The summed E-state index contributed by atoms with van der Waals surface area (Å²) in [6, 6.07) is 4.93. The van der Waals surface area contributed by atoms with E-state index in [1.54, 1.807) is 18.2 Å². The summed E-state index contributed by atoms with van der Waals surface area (Å²) < 4.78 is 0. The maximum Gasteiger partial charge on any atom is 0.237 e. The summed E-state index contributed by atoms with van der Waals surface area (Å²) in [5.74, 6) is 4.83. The molecule has 0 aliphatic carbocycles. The molecule has 0 spiro atoms. The van der Waals surface area contributed by atoms with Crippen LogP contribution in [0.15, 0.2) is 18.2 Å². The lowest BCUT2D eigenvalue weighted by atomic mass is 10.3. The summed E-state index contributed by atoms with van der Waals surface area (Å²) in [5, 5.41) is 0. The van der Waals surface area contributed by atoms with Gasteiger partial charge in [0.2, 0.25) is 11.8 Å². The number of hydrogen-bond donors (Lipinski definition) is 4. The Labute approximate surface area is 97.7 Å². The van der Waals surface area contributed by atoms with E-state index in [1.807, 2.05) is 0 Å². The van der Waals surface area contributed by atoms with Crippen molar-refractivity contribution in [1.29, 1.82) is 0 Å². The molecule has 0 atom stereocenters. The average molecular weight is 238 g/mol. The first kappa shape index (κ1) is 12.7. The number of pyridine rings is 1. The van der Waals surface area contributed by atoms with Crippen molar-refractivity contribution in [2.45, 2.75) is 0 Å². The van der Waals surface area contributed by atoms with Crippen LogP contribution in [0.4, 0.5) is 11.6 Å². The number of amides is 2. The highest BCUT2D eigenvalue weighted by Gasteiger charge is 2.13. The molecule has 1 aromatic heterocycles. The van der Waals surface area contributed by atoms with E-state index >= 15 is 0 Å². The van der Waals surface area contributed by atoms with Gasteiger partial charge in [-0.2, -0.15) is 0 Å². The lowest BCUT2D eigenvalue weighted by molar-refractivity contribution is -0.117. The van der Waals surface area contributed by atoms with Crippen LogP contribution in [0.3, 0.4) is 0 Å². The average Bonchev–Trinajstić information content (AvgIpc) is 2.27. The Kier molecular flexibility index (Phi) is 4.23. The Morgan fingerprint density at radius 2 is 1.82 bits per heavy atom. The molecule has 92 valence electrons. The molecule has 1 rings (SSSR count). The number of aromatic nitrogens is 1. The molecule has 0 radical (unpaired) electrons. The van der Waals surface area contributed by atoms with Crippen molar-refractivity contribution in [2.24, 2.45) is 17.3 Å². The number of nitrogens with two attached hydrogens (primary N) is 3. The summed E-state index contributed by atoms with van der Waals surface area (Å²) in [7, 11) is 0. The highest BCUT2D eigenvalue weighted by Crippen LogP contribution is 2.12. The van der Waals surface area contributed by atoms with Crippen molar-refractivity contribution in [2.75, 3.05) is 23.4 Å². The van der Waals surface area contributed by atoms with Gasteiger partial charge in [0.1, 0.15) is 11.6 Å². The monoisotopic (exact) mass is 238 g/mol. The molecule has 0 aliphatic heterocycles. The van der Waals surface area contributed by atoms with Gasteiger partial charge in [-0.05, 0) is 12.1 Å². The van der Waals surface area contributed by atoms with Gasteiger partial charge in [-0.25, -0.2) is 10.8 Å². The summed E-state index contributed by atoms with van der Waals surface area (Å²) in [6.45, 7) is -0.298. The normalized spacial score (nSPS) is 9.71. The number of nitrogens with zero attached hydrogens (tertiary/aromatic N) is 2. The maximum absolute atomic E-state index is 10.9. The van der Waals surface area contributed by atoms with Crippen molar-refractivity contribution in [1.82, 2.24) is 4.98 Å². The molecule has 0 unspecified atom stereocenters. The van der Waals surface area contributed by atoms with Crippen LogP contribution in [-0.4, -0.2) is 29.9 Å². The van der Waals surface area contributed by atoms with Gasteiger partial charge >= 0.3 is 0 Å². The van der Waals surface area contributed by atoms with E-state index in [0.29, 0.717) is 11.6 Å². The van der Waals surface area contributed by atoms with Crippen LogP contribution in [0.5, 0.6) is 0 Å². The zero-order valence-corrected chi connectivity index (χ0v) is 9.09. The smallest absolute Gasteiger partial charge is 0.237 e. The Hall–Kier alpha value is -2.35. The van der Waals surface area contributed by atoms with Gasteiger partial charge < -0.3 is 21.8 Å². The van der Waals surface area contributed by atoms with Crippen LogP contribution in [0.1, 0.15) is 0 Å². The zero-order chi connectivity index (χ0) is 12.8. The van der Waals surface area contributed by atoms with Gasteiger partial charge in [0.25, 0.3) is 0 Å². The van der Waals surface area contributed by atoms with Gasteiger partial charge in [-0.3, -0.25) is 9.59 Å². The maximum atomic E-state index is 10.9. The van der Waals surface area contributed by atoms with Gasteiger partial charge in [0, 0.05) is 0 Å². The van der Waals surface area contributed by atoms with E-state index in [-0.39, 0.29) is 13.1 Å². The molecule has 1 heterocycles. The molecule has 0 saturated heterocycles. The summed E-state index contributed by atoms with van der Waals surface area (Å²) in [6.07, 6.45) is 0. The number of nitrogen functional groups attached to an aromatic ring is 1. The highest BCUT2D eigenvalue weighted by atomic mass is 16.2. The third kappa shape index (κ3) is 3.95. The molecule has 2 amide bonds. The van der Waals surface area contributed by atoms with E-state index in [9.17, 15) is 9.59 Å². The lowest BCUT2D eigenvalue weighted by Gasteiger charge is -2.20. The number of hydrogen-bond acceptors (Lipinski definition) is 6. The van der Waals surface area contributed by atoms with Crippen molar-refractivity contribution < 1.29 is 9.59 Å². The molecule has 0 aliphatic rings. The van der Waals surface area contributed by atoms with Crippen molar-refractivity contribution >= 4 is 23.5 Å². The van der Waals surface area contributed by atoms with E-state index in [1.165, 1.54) is 4.90 Å². The minimum Gasteiger partial charge on any atom is -0.368 e. The number of carbonyl (C=O) groups excluding carboxylic acids is 2. The number of hydrazine groups is 1. The topological polar surface area (TPSA) is 140 Å². The molecule has 1 aromatic rings. The van der Waals surface area contributed by atoms with E-state index in [0.717, 1.165) is 0 Å². The fourth-order valence-electron chi connectivity index (χ4n) is 1.27. The third-order valence-corrected chi connectivity index (χ3v) is 1.90. The Balaban J connectivity index is 2.94. The third-order valence-electron chi connectivity index (χ3n) is 1.90. The Morgan fingerprint density at radius 3 is 2.29 bits per heavy atom. The molecular weight excluding hydrogens is 224 g/mol. The first-order valence-corrected chi connectivity index (χ1v) is 4.78. The van der Waals surface area contributed by atoms with Crippen LogP contribution in [0.25, 0.3) is 0 Å². The van der Waals surface area contributed by atoms with Crippen LogP contribution < -0.4 is 27.6 Å². The molecule has 7 N–H and O–H groups in total. The molecule has 0 aromatic carbocycles. The number of nitrogens with one attached hydrogen (secondary N) is 1. The zero-order valence-electron chi connectivity index (χ0n) is 9.09. The Morgan fingerprint density at radius 1 is 1.24 bits per heavy atom. The number of primary amides is 2. The predicted octanol–water partition coefficient (Wildman–Crippen LogP) is -1.86. The SMILES string of the molecule is NNc1cccc(N(CC(N)=O)CC(N)=O)n1. The van der Waals surface area contributed by atoms with Gasteiger partial charge in [0.15, 0.2) is 0 Å². The molecular formula is C9H14N6O2. The quantitative estimate of drug-likeness (QED) is 0.338. The second-order valence-corrected chi connectivity index (χ2v) is 3.31. The Bertz CT molecular complexity index is 406. The predicted molar refractivity (Wildman–Crippen MR) is 62.6 cm³/mol. The van der Waals surface area contributed by atoms with Gasteiger partial charge in [-0.1, -0.05) is 6.07 Å². The molecule has 17 heavy (non-hydrogen) atoms. The molecule has 8 heteroatoms. The summed E-state index contributed by atoms with van der Waals surface area (Å²) in [4.78, 5) is 27.2. The van der Waals surface area contributed by atoms with Crippen molar-refractivity contribution in [3.8, 4) is 0 Å². The summed E-state index contributed by atoms with van der Waals surface area (Å²) >= 11 is 0. The first-order valence-electron chi connectivity index (χ1n) is 4.78. The number of anilines is 2. The van der Waals surface area contributed by atoms with Crippen molar-refractivity contribution in [3.63, 3.8) is 0 Å². The number of carbonyl (C=O) groups is 2. The highest BCUT2D eigenvalue weighted by molar-refractivity contribution is 5.84.